The van der Waals surface area contributed by atoms with Crippen molar-refractivity contribution >= 4 is 21.6 Å². The Morgan fingerprint density at radius 1 is 1.16 bits per heavy atom. The number of hydrogen-bond acceptors (Lipinski definition) is 4. The predicted octanol–water partition coefficient (Wildman–Crippen LogP) is 4.27. The summed E-state index contributed by atoms with van der Waals surface area (Å²) < 4.78 is 32.7. The van der Waals surface area contributed by atoms with Gasteiger partial charge in [-0.05, 0) is 52.3 Å². The highest BCUT2D eigenvalue weighted by Gasteiger charge is 2.37. The molecule has 0 fully saturated rings. The number of hydrogen-bond donors (Lipinski definition) is 1. The van der Waals surface area contributed by atoms with Gasteiger partial charge in [0.25, 0.3) is 0 Å². The summed E-state index contributed by atoms with van der Waals surface area (Å²) in [5, 5.41) is 3.12. The lowest BCUT2D eigenvalue weighted by molar-refractivity contribution is -0.123. The average molecular weight is 445 g/mol. The Kier molecular flexibility index (Phi) is 6.37. The number of ether oxygens (including phenoxy) is 1. The quantitative estimate of drug-likeness (QED) is 0.722. The van der Waals surface area contributed by atoms with E-state index in [4.69, 9.17) is 4.74 Å². The van der Waals surface area contributed by atoms with E-state index in [9.17, 15) is 13.2 Å². The van der Waals surface area contributed by atoms with Gasteiger partial charge in [0.2, 0.25) is 15.9 Å². The SMILES string of the molecule is CCC(C(=O)NC1CC(C)(C)Oc2ccc(C)cc21)N(c1ccc(C)cc1)S(C)(=O)=O. The molecule has 2 atom stereocenters. The number of carbonyl (C=O) groups is 1. The van der Waals surface area contributed by atoms with Gasteiger partial charge in [-0.1, -0.05) is 42.3 Å². The van der Waals surface area contributed by atoms with Crippen molar-refractivity contribution in [1.82, 2.24) is 5.32 Å². The summed E-state index contributed by atoms with van der Waals surface area (Å²) in [5.74, 6) is 0.433. The van der Waals surface area contributed by atoms with E-state index in [1.54, 1.807) is 12.1 Å². The molecule has 2 aromatic carbocycles. The average Bonchev–Trinajstić information content (AvgIpc) is 2.66. The topological polar surface area (TPSA) is 75.7 Å². The number of amides is 1. The van der Waals surface area contributed by atoms with E-state index in [0.29, 0.717) is 18.5 Å². The fourth-order valence-electron chi connectivity index (χ4n) is 4.12. The van der Waals surface area contributed by atoms with Crippen LogP contribution in [0.4, 0.5) is 5.69 Å². The van der Waals surface area contributed by atoms with Crippen LogP contribution in [0.5, 0.6) is 5.75 Å². The molecule has 168 valence electrons. The van der Waals surface area contributed by atoms with Gasteiger partial charge in [-0.25, -0.2) is 8.42 Å². The Morgan fingerprint density at radius 3 is 2.35 bits per heavy atom. The second-order valence-electron chi connectivity index (χ2n) is 8.99. The summed E-state index contributed by atoms with van der Waals surface area (Å²) in [6.07, 6.45) is 2.08. The summed E-state index contributed by atoms with van der Waals surface area (Å²) >= 11 is 0. The van der Waals surface area contributed by atoms with E-state index in [0.717, 1.165) is 28.7 Å². The van der Waals surface area contributed by atoms with Crippen molar-refractivity contribution in [3.63, 3.8) is 0 Å². The second-order valence-corrected chi connectivity index (χ2v) is 10.8. The second kappa shape index (κ2) is 8.54. The standard InChI is InChI=1S/C24H32N2O4S/c1-7-21(26(31(6,28)29)18-11-8-16(2)9-12-18)23(27)25-20-15-24(4,5)30-22-13-10-17(3)14-19(20)22/h8-14,20-21H,7,15H2,1-6H3,(H,25,27). The third-order valence-electron chi connectivity index (χ3n) is 5.56. The number of nitrogens with zero attached hydrogens (tertiary/aromatic N) is 1. The minimum Gasteiger partial charge on any atom is -0.487 e. The van der Waals surface area contributed by atoms with Gasteiger partial charge < -0.3 is 10.1 Å². The molecule has 2 aromatic rings. The fraction of sp³-hybridized carbons (Fsp3) is 0.458. The van der Waals surface area contributed by atoms with E-state index in [-0.39, 0.29) is 11.9 Å². The minimum absolute atomic E-state index is 0.264. The normalized spacial score (nSPS) is 18.5. The molecule has 3 rings (SSSR count). The number of aryl methyl sites for hydroxylation is 2. The van der Waals surface area contributed by atoms with E-state index < -0.39 is 21.7 Å². The van der Waals surface area contributed by atoms with Crippen LogP contribution >= 0.6 is 0 Å². The van der Waals surface area contributed by atoms with Crippen LogP contribution in [0.3, 0.4) is 0 Å². The zero-order valence-corrected chi connectivity index (χ0v) is 19.9. The summed E-state index contributed by atoms with van der Waals surface area (Å²) in [4.78, 5) is 13.4. The smallest absolute Gasteiger partial charge is 0.244 e. The number of anilines is 1. The van der Waals surface area contributed by atoms with E-state index >= 15 is 0 Å². The lowest BCUT2D eigenvalue weighted by atomic mass is 9.88. The van der Waals surface area contributed by atoms with Gasteiger partial charge in [-0.2, -0.15) is 0 Å². The van der Waals surface area contributed by atoms with Gasteiger partial charge in [0.1, 0.15) is 17.4 Å². The zero-order chi connectivity index (χ0) is 23.0. The van der Waals surface area contributed by atoms with E-state index in [2.05, 4.69) is 5.32 Å². The van der Waals surface area contributed by atoms with Crippen LogP contribution in [0, 0.1) is 13.8 Å². The molecule has 0 spiro atoms. The third kappa shape index (κ3) is 5.21. The maximum atomic E-state index is 13.4. The zero-order valence-electron chi connectivity index (χ0n) is 19.1. The van der Waals surface area contributed by atoms with Crippen molar-refractivity contribution in [2.45, 2.75) is 65.1 Å². The Hall–Kier alpha value is -2.54. The molecule has 1 heterocycles. The summed E-state index contributed by atoms with van der Waals surface area (Å²) in [6, 6.07) is 12.0. The van der Waals surface area contributed by atoms with Crippen molar-refractivity contribution < 1.29 is 17.9 Å². The molecule has 7 heteroatoms. The highest BCUT2D eigenvalue weighted by Crippen LogP contribution is 2.40. The highest BCUT2D eigenvalue weighted by molar-refractivity contribution is 7.92. The summed E-state index contributed by atoms with van der Waals surface area (Å²) in [5.41, 5.74) is 3.05. The van der Waals surface area contributed by atoms with Crippen LogP contribution in [0.25, 0.3) is 0 Å². The Bertz CT molecular complexity index is 1060. The van der Waals surface area contributed by atoms with Crippen molar-refractivity contribution in [2.24, 2.45) is 0 Å². The molecule has 6 nitrogen and oxygen atoms in total. The molecule has 0 radical (unpaired) electrons. The molecule has 0 bridgehead atoms. The predicted molar refractivity (Wildman–Crippen MR) is 124 cm³/mol. The molecular formula is C24H32N2O4S. The van der Waals surface area contributed by atoms with Crippen LogP contribution < -0.4 is 14.4 Å². The van der Waals surface area contributed by atoms with Gasteiger partial charge in [0.15, 0.2) is 0 Å². The molecule has 1 N–H and O–H groups in total. The summed E-state index contributed by atoms with van der Waals surface area (Å²) in [7, 11) is -3.67. The van der Waals surface area contributed by atoms with Crippen molar-refractivity contribution in [1.29, 1.82) is 0 Å². The minimum atomic E-state index is -3.67. The first-order valence-corrected chi connectivity index (χ1v) is 12.4. The van der Waals surface area contributed by atoms with Crippen LogP contribution in [-0.4, -0.2) is 32.2 Å². The number of nitrogens with one attached hydrogen (secondary N) is 1. The molecule has 1 aliphatic rings. The molecule has 0 aliphatic carbocycles. The van der Waals surface area contributed by atoms with Crippen LogP contribution in [0.15, 0.2) is 42.5 Å². The van der Waals surface area contributed by atoms with Gasteiger partial charge in [-0.3, -0.25) is 9.10 Å². The Morgan fingerprint density at radius 2 is 1.77 bits per heavy atom. The lowest BCUT2D eigenvalue weighted by Crippen LogP contribution is -2.51. The summed E-state index contributed by atoms with van der Waals surface area (Å²) in [6.45, 7) is 9.73. The number of rotatable bonds is 6. The Labute approximate surface area is 185 Å². The van der Waals surface area contributed by atoms with Gasteiger partial charge in [0.05, 0.1) is 18.0 Å². The highest BCUT2D eigenvalue weighted by atomic mass is 32.2. The third-order valence-corrected chi connectivity index (χ3v) is 6.74. The van der Waals surface area contributed by atoms with Crippen LogP contribution in [0.2, 0.25) is 0 Å². The molecule has 31 heavy (non-hydrogen) atoms. The first kappa shape index (κ1) is 23.1. The molecule has 0 aromatic heterocycles. The van der Waals surface area contributed by atoms with E-state index in [1.165, 1.54) is 4.31 Å². The molecule has 1 aliphatic heterocycles. The van der Waals surface area contributed by atoms with Gasteiger partial charge in [0, 0.05) is 12.0 Å². The molecule has 2 unspecified atom stereocenters. The maximum Gasteiger partial charge on any atom is 0.244 e. The van der Waals surface area contributed by atoms with Crippen LogP contribution in [0.1, 0.15) is 56.3 Å². The van der Waals surface area contributed by atoms with Crippen molar-refractivity contribution in [3.8, 4) is 5.75 Å². The largest absolute Gasteiger partial charge is 0.487 e. The molecule has 0 saturated heterocycles. The van der Waals surface area contributed by atoms with Crippen LogP contribution in [-0.2, 0) is 14.8 Å². The first-order valence-electron chi connectivity index (χ1n) is 10.6. The molecule has 0 saturated carbocycles. The van der Waals surface area contributed by atoms with Crippen molar-refractivity contribution in [3.05, 3.63) is 59.2 Å². The number of carbonyl (C=O) groups excluding carboxylic acids is 1. The number of benzene rings is 2. The van der Waals surface area contributed by atoms with E-state index in [1.807, 2.05) is 65.0 Å². The lowest BCUT2D eigenvalue weighted by Gasteiger charge is -2.39. The van der Waals surface area contributed by atoms with Gasteiger partial charge >= 0.3 is 0 Å². The molecular weight excluding hydrogens is 412 g/mol. The Balaban J connectivity index is 1.95. The maximum absolute atomic E-state index is 13.4. The van der Waals surface area contributed by atoms with Crippen molar-refractivity contribution in [2.75, 3.05) is 10.6 Å². The fourth-order valence-corrected chi connectivity index (χ4v) is 5.33. The molecule has 1 amide bonds. The first-order chi connectivity index (χ1) is 14.4. The monoisotopic (exact) mass is 444 g/mol. The van der Waals surface area contributed by atoms with Gasteiger partial charge in [-0.15, -0.1) is 0 Å². The number of fused-ring (bicyclic) bond motifs is 1. The number of sulfonamides is 1.